The SMILES string of the molecule is COc1cccc(OC2CC2)c1CN. The number of benzene rings is 1. The highest BCUT2D eigenvalue weighted by Gasteiger charge is 2.24. The molecule has 0 spiro atoms. The summed E-state index contributed by atoms with van der Waals surface area (Å²) in [6.07, 6.45) is 2.70. The zero-order chi connectivity index (χ0) is 9.97. The molecule has 0 bridgehead atoms. The highest BCUT2D eigenvalue weighted by molar-refractivity contribution is 5.44. The van der Waals surface area contributed by atoms with Crippen LogP contribution in [-0.2, 0) is 6.54 Å². The van der Waals surface area contributed by atoms with Gasteiger partial charge in [0, 0.05) is 12.1 Å². The van der Waals surface area contributed by atoms with Crippen molar-refractivity contribution in [3.63, 3.8) is 0 Å². The van der Waals surface area contributed by atoms with Crippen LogP contribution in [0.1, 0.15) is 18.4 Å². The van der Waals surface area contributed by atoms with Crippen LogP contribution < -0.4 is 15.2 Å². The molecule has 2 rings (SSSR count). The number of hydrogen-bond donors (Lipinski definition) is 1. The van der Waals surface area contributed by atoms with Gasteiger partial charge in [-0.05, 0) is 25.0 Å². The second-order valence-corrected chi connectivity index (χ2v) is 3.46. The van der Waals surface area contributed by atoms with E-state index in [9.17, 15) is 0 Å². The van der Waals surface area contributed by atoms with E-state index < -0.39 is 0 Å². The van der Waals surface area contributed by atoms with Gasteiger partial charge in [-0.1, -0.05) is 6.07 Å². The van der Waals surface area contributed by atoms with Gasteiger partial charge in [0.15, 0.2) is 0 Å². The van der Waals surface area contributed by atoms with E-state index in [1.165, 1.54) is 0 Å². The van der Waals surface area contributed by atoms with E-state index in [1.807, 2.05) is 18.2 Å². The van der Waals surface area contributed by atoms with Gasteiger partial charge in [0.2, 0.25) is 0 Å². The third-order valence-corrected chi connectivity index (χ3v) is 2.33. The third kappa shape index (κ3) is 1.82. The summed E-state index contributed by atoms with van der Waals surface area (Å²) in [7, 11) is 1.65. The molecule has 1 aromatic carbocycles. The van der Waals surface area contributed by atoms with Crippen molar-refractivity contribution in [3.05, 3.63) is 23.8 Å². The Labute approximate surface area is 83.8 Å². The van der Waals surface area contributed by atoms with Crippen LogP contribution in [0, 0.1) is 0 Å². The molecule has 0 radical (unpaired) electrons. The predicted molar refractivity (Wildman–Crippen MR) is 54.5 cm³/mol. The zero-order valence-electron chi connectivity index (χ0n) is 8.32. The lowest BCUT2D eigenvalue weighted by atomic mass is 10.2. The Morgan fingerprint density at radius 2 is 2.07 bits per heavy atom. The fraction of sp³-hybridized carbons (Fsp3) is 0.455. The third-order valence-electron chi connectivity index (χ3n) is 2.33. The summed E-state index contributed by atoms with van der Waals surface area (Å²) in [6, 6.07) is 5.78. The van der Waals surface area contributed by atoms with Crippen molar-refractivity contribution >= 4 is 0 Å². The first-order valence-corrected chi connectivity index (χ1v) is 4.87. The molecule has 0 aromatic heterocycles. The van der Waals surface area contributed by atoms with Crippen molar-refractivity contribution in [1.82, 2.24) is 0 Å². The molecule has 0 saturated heterocycles. The summed E-state index contributed by atoms with van der Waals surface area (Å²) < 4.78 is 10.9. The molecular weight excluding hydrogens is 178 g/mol. The molecule has 0 amide bonds. The molecule has 1 aliphatic rings. The summed E-state index contributed by atoms with van der Waals surface area (Å²) in [5.41, 5.74) is 6.62. The maximum absolute atomic E-state index is 5.73. The minimum atomic E-state index is 0.396. The van der Waals surface area contributed by atoms with Crippen molar-refractivity contribution in [3.8, 4) is 11.5 Å². The first kappa shape index (κ1) is 9.34. The fourth-order valence-electron chi connectivity index (χ4n) is 1.41. The van der Waals surface area contributed by atoms with E-state index in [-0.39, 0.29) is 0 Å². The Morgan fingerprint density at radius 3 is 2.64 bits per heavy atom. The highest BCUT2D eigenvalue weighted by Crippen LogP contribution is 2.33. The molecule has 0 heterocycles. The van der Waals surface area contributed by atoms with E-state index in [4.69, 9.17) is 15.2 Å². The number of rotatable bonds is 4. The van der Waals surface area contributed by atoms with Crippen molar-refractivity contribution in [2.75, 3.05) is 7.11 Å². The summed E-state index contributed by atoms with van der Waals surface area (Å²) in [5.74, 6) is 1.68. The zero-order valence-corrected chi connectivity index (χ0v) is 8.32. The Hall–Kier alpha value is -1.22. The minimum Gasteiger partial charge on any atom is -0.496 e. The van der Waals surface area contributed by atoms with Crippen LogP contribution in [0.3, 0.4) is 0 Å². The Bertz CT molecular complexity index is 321. The molecule has 3 nitrogen and oxygen atoms in total. The summed E-state index contributed by atoms with van der Waals surface area (Å²) in [5, 5.41) is 0. The van der Waals surface area contributed by atoms with Crippen LogP contribution in [0.2, 0.25) is 0 Å². The maximum atomic E-state index is 5.73. The van der Waals surface area contributed by atoms with Crippen LogP contribution in [-0.4, -0.2) is 13.2 Å². The molecule has 1 aliphatic carbocycles. The summed E-state index contributed by atoms with van der Waals surface area (Å²) in [6.45, 7) is 0.450. The Balaban J connectivity index is 2.26. The fourth-order valence-corrected chi connectivity index (χ4v) is 1.41. The largest absolute Gasteiger partial charge is 0.496 e. The van der Waals surface area contributed by atoms with E-state index in [0.29, 0.717) is 12.6 Å². The number of nitrogens with two attached hydrogens (primary N) is 1. The van der Waals surface area contributed by atoms with Gasteiger partial charge in [0.25, 0.3) is 0 Å². The van der Waals surface area contributed by atoms with Crippen LogP contribution >= 0.6 is 0 Å². The molecular formula is C11H15NO2. The molecule has 0 unspecified atom stereocenters. The standard InChI is InChI=1S/C11H15NO2/c1-13-10-3-2-4-11(9(10)7-12)14-8-5-6-8/h2-4,8H,5-7,12H2,1H3. The van der Waals surface area contributed by atoms with E-state index in [1.54, 1.807) is 7.11 Å². The van der Waals surface area contributed by atoms with Crippen molar-refractivity contribution in [2.45, 2.75) is 25.5 Å². The summed E-state index contributed by atoms with van der Waals surface area (Å²) >= 11 is 0. The number of hydrogen-bond acceptors (Lipinski definition) is 3. The molecule has 0 atom stereocenters. The minimum absolute atomic E-state index is 0.396. The lowest BCUT2D eigenvalue weighted by Crippen LogP contribution is -2.05. The van der Waals surface area contributed by atoms with Crippen molar-refractivity contribution in [1.29, 1.82) is 0 Å². The molecule has 1 aromatic rings. The van der Waals surface area contributed by atoms with Gasteiger partial charge in [0.1, 0.15) is 11.5 Å². The Morgan fingerprint density at radius 1 is 1.36 bits per heavy atom. The Kier molecular flexibility index (Phi) is 2.59. The van der Waals surface area contributed by atoms with Gasteiger partial charge in [-0.2, -0.15) is 0 Å². The van der Waals surface area contributed by atoms with Crippen LogP contribution in [0.25, 0.3) is 0 Å². The maximum Gasteiger partial charge on any atom is 0.127 e. The van der Waals surface area contributed by atoms with Crippen molar-refractivity contribution in [2.24, 2.45) is 5.73 Å². The summed E-state index contributed by atoms with van der Waals surface area (Å²) in [4.78, 5) is 0. The second-order valence-electron chi connectivity index (χ2n) is 3.46. The van der Waals surface area contributed by atoms with E-state index >= 15 is 0 Å². The van der Waals surface area contributed by atoms with Gasteiger partial charge in [-0.25, -0.2) is 0 Å². The molecule has 14 heavy (non-hydrogen) atoms. The van der Waals surface area contributed by atoms with Gasteiger partial charge < -0.3 is 15.2 Å². The monoisotopic (exact) mass is 193 g/mol. The first-order chi connectivity index (χ1) is 6.85. The average molecular weight is 193 g/mol. The average Bonchev–Trinajstić information content (AvgIpc) is 3.01. The van der Waals surface area contributed by atoms with Gasteiger partial charge >= 0.3 is 0 Å². The van der Waals surface area contributed by atoms with E-state index in [0.717, 1.165) is 29.9 Å². The number of ether oxygens (including phenoxy) is 2. The topological polar surface area (TPSA) is 44.5 Å². The molecule has 3 heteroatoms. The molecule has 1 saturated carbocycles. The van der Waals surface area contributed by atoms with Gasteiger partial charge in [-0.3, -0.25) is 0 Å². The first-order valence-electron chi connectivity index (χ1n) is 4.87. The lowest BCUT2D eigenvalue weighted by molar-refractivity contribution is 0.296. The van der Waals surface area contributed by atoms with Gasteiger partial charge in [0.05, 0.1) is 13.2 Å². The van der Waals surface area contributed by atoms with Crippen LogP contribution in [0.5, 0.6) is 11.5 Å². The highest BCUT2D eigenvalue weighted by atomic mass is 16.5. The second kappa shape index (κ2) is 3.88. The number of methoxy groups -OCH3 is 1. The molecule has 0 aliphatic heterocycles. The van der Waals surface area contributed by atoms with Crippen LogP contribution in [0.4, 0.5) is 0 Å². The normalized spacial score (nSPS) is 15.3. The van der Waals surface area contributed by atoms with Crippen LogP contribution in [0.15, 0.2) is 18.2 Å². The molecule has 2 N–H and O–H groups in total. The molecule has 1 fully saturated rings. The van der Waals surface area contributed by atoms with Crippen molar-refractivity contribution < 1.29 is 9.47 Å². The molecule has 76 valence electrons. The smallest absolute Gasteiger partial charge is 0.127 e. The van der Waals surface area contributed by atoms with E-state index in [2.05, 4.69) is 0 Å². The quantitative estimate of drug-likeness (QED) is 0.791. The predicted octanol–water partition coefficient (Wildman–Crippen LogP) is 1.70. The van der Waals surface area contributed by atoms with Gasteiger partial charge in [-0.15, -0.1) is 0 Å². The lowest BCUT2D eigenvalue weighted by Gasteiger charge is -2.12.